The highest BCUT2D eigenvalue weighted by atomic mass is 19.1. The van der Waals surface area contributed by atoms with Crippen molar-refractivity contribution in [1.82, 2.24) is 9.88 Å². The summed E-state index contributed by atoms with van der Waals surface area (Å²) in [6.45, 7) is 1.78. The van der Waals surface area contributed by atoms with Gasteiger partial charge in [-0.3, -0.25) is 9.59 Å². The molecular weight excluding hydrogens is 326 g/mol. The van der Waals surface area contributed by atoms with Crippen LogP contribution in [0.25, 0.3) is 10.9 Å². The second-order valence-corrected chi connectivity index (χ2v) is 5.81. The number of nitrogens with one attached hydrogen (secondary N) is 1. The van der Waals surface area contributed by atoms with Gasteiger partial charge in [-0.2, -0.15) is 0 Å². The second kappa shape index (κ2) is 6.84. The predicted molar refractivity (Wildman–Crippen MR) is 91.1 cm³/mol. The van der Waals surface area contributed by atoms with Crippen molar-refractivity contribution < 1.29 is 13.6 Å². The smallest absolute Gasteiger partial charge is 0.240 e. The molecule has 0 saturated carbocycles. The van der Waals surface area contributed by atoms with Gasteiger partial charge in [-0.05, 0) is 42.8 Å². The van der Waals surface area contributed by atoms with E-state index in [1.807, 2.05) is 0 Å². The zero-order chi connectivity index (χ0) is 18.0. The zero-order valence-electron chi connectivity index (χ0n) is 13.5. The van der Waals surface area contributed by atoms with E-state index < -0.39 is 5.82 Å². The highest BCUT2D eigenvalue weighted by Gasteiger charge is 2.12. The van der Waals surface area contributed by atoms with Gasteiger partial charge in [0.15, 0.2) is 5.43 Å². The Bertz CT molecular complexity index is 981. The first-order chi connectivity index (χ1) is 11.9. The maximum Gasteiger partial charge on any atom is 0.240 e. The van der Waals surface area contributed by atoms with Crippen molar-refractivity contribution in [3.63, 3.8) is 0 Å². The van der Waals surface area contributed by atoms with Gasteiger partial charge in [-0.15, -0.1) is 0 Å². The molecule has 4 nitrogen and oxygen atoms in total. The van der Waals surface area contributed by atoms with Crippen molar-refractivity contribution in [2.45, 2.75) is 19.5 Å². The summed E-state index contributed by atoms with van der Waals surface area (Å²) in [7, 11) is 0. The summed E-state index contributed by atoms with van der Waals surface area (Å²) in [5.41, 5.74) is 0.964. The Morgan fingerprint density at radius 2 is 1.76 bits per heavy atom. The van der Waals surface area contributed by atoms with Crippen molar-refractivity contribution in [2.75, 3.05) is 0 Å². The summed E-state index contributed by atoms with van der Waals surface area (Å²) in [4.78, 5) is 24.1. The molecule has 1 aromatic heterocycles. The molecule has 3 rings (SSSR count). The lowest BCUT2D eigenvalue weighted by molar-refractivity contribution is -0.122. The number of hydrogen-bond donors (Lipinski definition) is 1. The van der Waals surface area contributed by atoms with Crippen molar-refractivity contribution in [2.24, 2.45) is 0 Å². The molecule has 1 N–H and O–H groups in total. The average Bonchev–Trinajstić information content (AvgIpc) is 2.58. The van der Waals surface area contributed by atoms with E-state index in [1.54, 1.807) is 23.6 Å². The monoisotopic (exact) mass is 342 g/mol. The molecule has 0 bridgehead atoms. The Morgan fingerprint density at radius 1 is 1.08 bits per heavy atom. The van der Waals surface area contributed by atoms with Gasteiger partial charge in [-0.1, -0.05) is 12.1 Å². The van der Waals surface area contributed by atoms with Gasteiger partial charge < -0.3 is 9.88 Å². The van der Waals surface area contributed by atoms with Crippen molar-refractivity contribution in [1.29, 1.82) is 0 Å². The number of rotatable bonds is 4. The molecule has 0 spiro atoms. The summed E-state index contributed by atoms with van der Waals surface area (Å²) >= 11 is 0. The molecule has 0 aliphatic carbocycles. The molecule has 1 atom stereocenters. The number of aromatic nitrogens is 1. The molecular formula is C19H16F2N2O2. The lowest BCUT2D eigenvalue weighted by atomic mass is 10.1. The van der Waals surface area contributed by atoms with Crippen LogP contribution >= 0.6 is 0 Å². The number of amides is 1. The molecule has 0 radical (unpaired) electrons. The maximum absolute atomic E-state index is 13.3. The maximum atomic E-state index is 13.3. The van der Waals surface area contributed by atoms with E-state index in [1.165, 1.54) is 36.5 Å². The van der Waals surface area contributed by atoms with Crippen LogP contribution in [0.1, 0.15) is 18.5 Å². The first kappa shape index (κ1) is 16.8. The fraction of sp³-hybridized carbons (Fsp3) is 0.158. The van der Waals surface area contributed by atoms with E-state index in [-0.39, 0.29) is 35.1 Å². The Balaban J connectivity index is 1.79. The van der Waals surface area contributed by atoms with E-state index in [2.05, 4.69) is 5.32 Å². The number of pyridine rings is 1. The average molecular weight is 342 g/mol. The van der Waals surface area contributed by atoms with E-state index in [0.29, 0.717) is 5.52 Å². The number of halogens is 2. The minimum atomic E-state index is -0.503. The van der Waals surface area contributed by atoms with Crippen LogP contribution in [0.2, 0.25) is 0 Å². The molecule has 2 aromatic carbocycles. The van der Waals surface area contributed by atoms with Gasteiger partial charge >= 0.3 is 0 Å². The van der Waals surface area contributed by atoms with Gasteiger partial charge in [0.05, 0.1) is 11.6 Å². The summed E-state index contributed by atoms with van der Waals surface area (Å²) in [6, 6.07) is 10.8. The van der Waals surface area contributed by atoms with Crippen LogP contribution < -0.4 is 10.7 Å². The third-order valence-corrected chi connectivity index (χ3v) is 4.00. The highest BCUT2D eigenvalue weighted by Crippen LogP contribution is 2.14. The molecule has 1 unspecified atom stereocenters. The lowest BCUT2D eigenvalue weighted by Crippen LogP contribution is -2.30. The number of fused-ring (bicyclic) bond motifs is 1. The van der Waals surface area contributed by atoms with Crippen LogP contribution in [0.3, 0.4) is 0 Å². The minimum Gasteiger partial charge on any atom is -0.348 e. The molecule has 1 heterocycles. The van der Waals surface area contributed by atoms with Crippen LogP contribution in [0.4, 0.5) is 8.78 Å². The number of benzene rings is 2. The Morgan fingerprint density at radius 3 is 2.48 bits per heavy atom. The van der Waals surface area contributed by atoms with Crippen LogP contribution in [0.15, 0.2) is 59.5 Å². The molecule has 0 saturated heterocycles. The first-order valence-electron chi connectivity index (χ1n) is 7.77. The van der Waals surface area contributed by atoms with Gasteiger partial charge in [0.1, 0.15) is 18.2 Å². The molecule has 128 valence electrons. The standard InChI is InChI=1S/C19H16F2N2O2/c1-12(13-2-4-14(20)5-3-13)22-19(25)11-23-9-8-18(24)16-10-15(21)6-7-17(16)23/h2-10,12H,11H2,1H3,(H,22,25). The van der Waals surface area contributed by atoms with Crippen LogP contribution in [-0.2, 0) is 11.3 Å². The molecule has 25 heavy (non-hydrogen) atoms. The predicted octanol–water partition coefficient (Wildman–Crippen LogP) is 3.16. The van der Waals surface area contributed by atoms with Gasteiger partial charge in [0.2, 0.25) is 5.91 Å². The summed E-state index contributed by atoms with van der Waals surface area (Å²) in [5.74, 6) is -1.11. The quantitative estimate of drug-likeness (QED) is 0.792. The summed E-state index contributed by atoms with van der Waals surface area (Å²) < 4.78 is 27.9. The highest BCUT2D eigenvalue weighted by molar-refractivity contribution is 5.82. The normalized spacial score (nSPS) is 12.1. The Labute approximate surface area is 142 Å². The second-order valence-electron chi connectivity index (χ2n) is 5.81. The minimum absolute atomic E-state index is 0.0199. The number of hydrogen-bond acceptors (Lipinski definition) is 2. The largest absolute Gasteiger partial charge is 0.348 e. The first-order valence-corrected chi connectivity index (χ1v) is 7.77. The molecule has 0 aliphatic heterocycles. The molecule has 6 heteroatoms. The van der Waals surface area contributed by atoms with Gasteiger partial charge in [0, 0.05) is 17.6 Å². The van der Waals surface area contributed by atoms with Crippen LogP contribution in [0.5, 0.6) is 0 Å². The zero-order valence-corrected chi connectivity index (χ0v) is 13.5. The van der Waals surface area contributed by atoms with E-state index in [0.717, 1.165) is 11.6 Å². The number of carbonyl (C=O) groups is 1. The third kappa shape index (κ3) is 3.74. The fourth-order valence-corrected chi connectivity index (χ4v) is 2.70. The van der Waals surface area contributed by atoms with Crippen molar-refractivity contribution in [3.8, 4) is 0 Å². The van der Waals surface area contributed by atoms with Crippen molar-refractivity contribution in [3.05, 3.63) is 82.1 Å². The van der Waals surface area contributed by atoms with Gasteiger partial charge in [0.25, 0.3) is 0 Å². The number of carbonyl (C=O) groups excluding carboxylic acids is 1. The Kier molecular flexibility index (Phi) is 4.61. The third-order valence-electron chi connectivity index (χ3n) is 4.00. The summed E-state index contributed by atoms with van der Waals surface area (Å²) in [5, 5.41) is 3.04. The fourth-order valence-electron chi connectivity index (χ4n) is 2.70. The van der Waals surface area contributed by atoms with E-state index >= 15 is 0 Å². The molecule has 0 fully saturated rings. The topological polar surface area (TPSA) is 51.1 Å². The molecule has 3 aromatic rings. The molecule has 0 aliphatic rings. The molecule has 1 amide bonds. The van der Waals surface area contributed by atoms with Gasteiger partial charge in [-0.25, -0.2) is 8.78 Å². The van der Waals surface area contributed by atoms with E-state index in [9.17, 15) is 18.4 Å². The Hall–Kier alpha value is -3.02. The number of nitrogens with zero attached hydrogens (tertiary/aromatic N) is 1. The van der Waals surface area contributed by atoms with Crippen LogP contribution in [-0.4, -0.2) is 10.5 Å². The lowest BCUT2D eigenvalue weighted by Gasteiger charge is -2.16. The van der Waals surface area contributed by atoms with E-state index in [4.69, 9.17) is 0 Å². The SMILES string of the molecule is CC(NC(=O)Cn1ccc(=O)c2cc(F)ccc21)c1ccc(F)cc1. The van der Waals surface area contributed by atoms with Crippen LogP contribution in [0, 0.1) is 11.6 Å². The summed E-state index contributed by atoms with van der Waals surface area (Å²) in [6.07, 6.45) is 1.50. The van der Waals surface area contributed by atoms with Crippen molar-refractivity contribution >= 4 is 16.8 Å².